The molecule has 0 aromatic heterocycles. The number of amides is 2. The van der Waals surface area contributed by atoms with Gasteiger partial charge in [-0.3, -0.25) is 10.1 Å². The molecule has 0 heterocycles. The molecular weight excluding hydrogens is 292 g/mol. The van der Waals surface area contributed by atoms with Crippen LogP contribution in [0.4, 0.5) is 4.79 Å². The van der Waals surface area contributed by atoms with E-state index in [0.29, 0.717) is 11.8 Å². The van der Waals surface area contributed by atoms with Crippen molar-refractivity contribution in [1.82, 2.24) is 5.32 Å². The SMILES string of the molecule is CC[C@@H](C)c1ccc([C@@H]([NH2+]CC(=O)NC(=O)OC)C(C)C)cc1. The summed E-state index contributed by atoms with van der Waals surface area (Å²) in [5.41, 5.74) is 2.53. The molecule has 0 saturated carbocycles. The molecule has 3 N–H and O–H groups in total. The van der Waals surface area contributed by atoms with E-state index in [0.717, 1.165) is 6.42 Å². The highest BCUT2D eigenvalue weighted by molar-refractivity contribution is 5.92. The molecular formula is C18H29N2O3+. The first-order valence-electron chi connectivity index (χ1n) is 8.20. The lowest BCUT2D eigenvalue weighted by atomic mass is 9.92. The van der Waals surface area contributed by atoms with Crippen molar-refractivity contribution in [3.63, 3.8) is 0 Å². The van der Waals surface area contributed by atoms with Gasteiger partial charge in [0.15, 0.2) is 6.54 Å². The highest BCUT2D eigenvalue weighted by Crippen LogP contribution is 2.22. The summed E-state index contributed by atoms with van der Waals surface area (Å²) < 4.78 is 4.42. The number of nitrogens with one attached hydrogen (secondary N) is 1. The van der Waals surface area contributed by atoms with Gasteiger partial charge < -0.3 is 10.1 Å². The molecule has 0 aliphatic heterocycles. The van der Waals surface area contributed by atoms with E-state index in [1.54, 1.807) is 0 Å². The second-order valence-corrected chi connectivity index (χ2v) is 6.23. The number of hydrogen-bond acceptors (Lipinski definition) is 3. The van der Waals surface area contributed by atoms with Crippen molar-refractivity contribution < 1.29 is 19.6 Å². The van der Waals surface area contributed by atoms with E-state index >= 15 is 0 Å². The third kappa shape index (κ3) is 6.02. The fourth-order valence-electron chi connectivity index (χ4n) is 2.53. The van der Waals surface area contributed by atoms with Gasteiger partial charge in [-0.25, -0.2) is 4.79 Å². The van der Waals surface area contributed by atoms with E-state index in [4.69, 9.17) is 0 Å². The third-order valence-electron chi connectivity index (χ3n) is 4.21. The third-order valence-corrected chi connectivity index (χ3v) is 4.21. The van der Waals surface area contributed by atoms with Crippen LogP contribution in [0, 0.1) is 5.92 Å². The fourth-order valence-corrected chi connectivity index (χ4v) is 2.53. The van der Waals surface area contributed by atoms with Crippen molar-refractivity contribution in [2.45, 2.75) is 46.1 Å². The van der Waals surface area contributed by atoms with E-state index in [1.165, 1.54) is 18.2 Å². The second-order valence-electron chi connectivity index (χ2n) is 6.23. The lowest BCUT2D eigenvalue weighted by Gasteiger charge is -2.20. The summed E-state index contributed by atoms with van der Waals surface area (Å²) in [5.74, 6) is 0.575. The maximum absolute atomic E-state index is 11.7. The zero-order chi connectivity index (χ0) is 17.4. The Morgan fingerprint density at radius 3 is 2.17 bits per heavy atom. The number of carbonyl (C=O) groups is 2. The molecule has 0 bridgehead atoms. The number of benzene rings is 1. The Morgan fingerprint density at radius 1 is 1.13 bits per heavy atom. The normalized spacial score (nSPS) is 13.5. The van der Waals surface area contributed by atoms with Gasteiger partial charge in [0, 0.05) is 11.5 Å². The van der Waals surface area contributed by atoms with Crippen LogP contribution < -0.4 is 10.6 Å². The van der Waals surface area contributed by atoms with Crippen LogP contribution in [0.2, 0.25) is 0 Å². The maximum atomic E-state index is 11.7. The molecule has 0 saturated heterocycles. The van der Waals surface area contributed by atoms with E-state index in [-0.39, 0.29) is 18.5 Å². The first kappa shape index (κ1) is 19.2. The molecule has 2 atom stereocenters. The number of carbonyl (C=O) groups excluding carboxylic acids is 2. The van der Waals surface area contributed by atoms with Crippen LogP contribution in [0.15, 0.2) is 24.3 Å². The van der Waals surface area contributed by atoms with Crippen LogP contribution in [0.3, 0.4) is 0 Å². The van der Waals surface area contributed by atoms with Gasteiger partial charge >= 0.3 is 6.09 Å². The van der Waals surface area contributed by atoms with Crippen molar-refractivity contribution in [2.75, 3.05) is 13.7 Å². The van der Waals surface area contributed by atoms with Gasteiger partial charge in [0.2, 0.25) is 0 Å². The minimum Gasteiger partial charge on any atom is -0.453 e. The van der Waals surface area contributed by atoms with Gasteiger partial charge in [-0.1, -0.05) is 52.0 Å². The van der Waals surface area contributed by atoms with Crippen LogP contribution in [-0.2, 0) is 9.53 Å². The minimum atomic E-state index is -0.720. The van der Waals surface area contributed by atoms with Crippen LogP contribution in [0.1, 0.15) is 57.2 Å². The summed E-state index contributed by atoms with van der Waals surface area (Å²) in [7, 11) is 1.24. The highest BCUT2D eigenvalue weighted by Gasteiger charge is 2.21. The molecule has 0 aliphatic carbocycles. The maximum Gasteiger partial charge on any atom is 0.413 e. The Hall–Kier alpha value is -1.88. The molecule has 128 valence electrons. The molecule has 0 unspecified atom stereocenters. The van der Waals surface area contributed by atoms with E-state index in [9.17, 15) is 9.59 Å². The molecule has 5 nitrogen and oxygen atoms in total. The Balaban J connectivity index is 2.71. The van der Waals surface area contributed by atoms with Gasteiger partial charge in [-0.15, -0.1) is 0 Å². The van der Waals surface area contributed by atoms with Crippen LogP contribution in [-0.4, -0.2) is 25.7 Å². The Morgan fingerprint density at radius 2 is 1.70 bits per heavy atom. The number of quaternary nitrogens is 1. The number of imide groups is 1. The van der Waals surface area contributed by atoms with Crippen molar-refractivity contribution in [2.24, 2.45) is 5.92 Å². The molecule has 1 aromatic rings. The smallest absolute Gasteiger partial charge is 0.413 e. The number of hydrogen-bond donors (Lipinski definition) is 2. The van der Waals surface area contributed by atoms with E-state index in [1.807, 2.05) is 5.32 Å². The summed E-state index contributed by atoms with van der Waals surface area (Å²) in [4.78, 5) is 22.7. The largest absolute Gasteiger partial charge is 0.453 e. The lowest BCUT2D eigenvalue weighted by molar-refractivity contribution is -0.692. The van der Waals surface area contributed by atoms with Crippen molar-refractivity contribution in [3.8, 4) is 0 Å². The molecule has 1 aromatic carbocycles. The predicted octanol–water partition coefficient (Wildman–Crippen LogP) is 2.34. The Bertz CT molecular complexity index is 512. The molecule has 1 rings (SSSR count). The van der Waals surface area contributed by atoms with Crippen LogP contribution >= 0.6 is 0 Å². The predicted molar refractivity (Wildman–Crippen MR) is 90.1 cm³/mol. The number of nitrogens with two attached hydrogens (primary N) is 1. The molecule has 0 fully saturated rings. The monoisotopic (exact) mass is 321 g/mol. The van der Waals surface area contributed by atoms with Gasteiger partial charge in [0.1, 0.15) is 6.04 Å². The zero-order valence-corrected chi connectivity index (χ0v) is 14.8. The van der Waals surface area contributed by atoms with Crippen molar-refractivity contribution in [3.05, 3.63) is 35.4 Å². The van der Waals surface area contributed by atoms with E-state index < -0.39 is 6.09 Å². The topological polar surface area (TPSA) is 72.0 Å². The van der Waals surface area contributed by atoms with Gasteiger partial charge in [-0.05, 0) is 17.9 Å². The van der Waals surface area contributed by atoms with Crippen molar-refractivity contribution in [1.29, 1.82) is 0 Å². The standard InChI is InChI=1S/C18H28N2O3/c1-6-13(4)14-7-9-15(10-8-14)17(12(2)3)19-11-16(21)20-18(22)23-5/h7-10,12-13,17,19H,6,11H2,1-5H3,(H,20,21,22)/p+1/t13-,17+/m1/s1. The number of rotatable bonds is 7. The molecule has 23 heavy (non-hydrogen) atoms. The Kier molecular flexibility index (Phi) is 7.75. The molecule has 5 heteroatoms. The Labute approximate surface area is 138 Å². The summed E-state index contributed by atoms with van der Waals surface area (Å²) in [5, 5.41) is 4.14. The van der Waals surface area contributed by atoms with Gasteiger partial charge in [-0.2, -0.15) is 0 Å². The van der Waals surface area contributed by atoms with E-state index in [2.05, 4.69) is 62.0 Å². The van der Waals surface area contributed by atoms with Gasteiger partial charge in [0.05, 0.1) is 7.11 Å². The highest BCUT2D eigenvalue weighted by atomic mass is 16.5. The summed E-state index contributed by atoms with van der Waals surface area (Å²) in [6.45, 7) is 8.84. The van der Waals surface area contributed by atoms with Crippen LogP contribution in [0.5, 0.6) is 0 Å². The number of ether oxygens (including phenoxy) is 1. The average molecular weight is 321 g/mol. The summed E-state index contributed by atoms with van der Waals surface area (Å²) in [6.07, 6.45) is 0.398. The number of methoxy groups -OCH3 is 1. The zero-order valence-electron chi connectivity index (χ0n) is 14.8. The second kappa shape index (κ2) is 9.30. The first-order valence-corrected chi connectivity index (χ1v) is 8.20. The van der Waals surface area contributed by atoms with Crippen molar-refractivity contribution >= 4 is 12.0 Å². The van der Waals surface area contributed by atoms with Gasteiger partial charge in [0.25, 0.3) is 5.91 Å². The molecule has 0 radical (unpaired) electrons. The lowest BCUT2D eigenvalue weighted by Crippen LogP contribution is -2.88. The minimum absolute atomic E-state index is 0.171. The first-order chi connectivity index (χ1) is 10.9. The molecule has 2 amide bonds. The average Bonchev–Trinajstić information content (AvgIpc) is 2.54. The summed E-state index contributed by atoms with van der Waals surface area (Å²) in [6, 6.07) is 8.79. The van der Waals surface area contributed by atoms with Crippen LogP contribution in [0.25, 0.3) is 0 Å². The number of alkyl carbamates (subject to hydrolysis) is 1. The quantitative estimate of drug-likeness (QED) is 0.809. The summed E-state index contributed by atoms with van der Waals surface area (Å²) >= 11 is 0. The molecule has 0 aliphatic rings. The molecule has 0 spiro atoms. The fraction of sp³-hybridized carbons (Fsp3) is 0.556.